The third-order valence-electron chi connectivity index (χ3n) is 14.2. The standard InChI is InChI=1S/C46H62ClF2NO6/c1-4-5-6-7-8-9-10-11-12-13-14-15-16-17-18-19-42(54)55-31-41(53)46-32(30-50(56-46)34-22-20-33(47)21-23-34)26-36-37-28-39(48)38-27-35(51)24-25-43(38,2)45(37,49)40(52)29-44(36,46)3/h11-12,20-25,27,32,36-37,39-40,52H,4-10,13-19,26,28-31H2,1-3H3/b12-11+/t32-,36-,37-,39-,40-,43-,44-,45-,46-/m0/s1. The summed E-state index contributed by atoms with van der Waals surface area (Å²) in [5.74, 6) is -3.25. The van der Waals surface area contributed by atoms with Crippen LogP contribution in [0.3, 0.4) is 0 Å². The Morgan fingerprint density at radius 2 is 1.61 bits per heavy atom. The van der Waals surface area contributed by atoms with Crippen LogP contribution < -0.4 is 5.06 Å². The molecule has 308 valence electrons. The number of Topliss-reactive ketones (excluding diaryl/α,β-unsaturated/α-hetero) is 1. The number of carbonyl (C=O) groups is 3. The van der Waals surface area contributed by atoms with Crippen molar-refractivity contribution in [2.45, 2.75) is 153 Å². The van der Waals surface area contributed by atoms with E-state index in [2.05, 4.69) is 19.1 Å². The molecule has 4 aliphatic carbocycles. The second-order valence-electron chi connectivity index (χ2n) is 17.6. The number of hydrogen-bond acceptors (Lipinski definition) is 7. The largest absolute Gasteiger partial charge is 0.458 e. The van der Waals surface area contributed by atoms with Gasteiger partial charge in [0.2, 0.25) is 5.78 Å². The summed E-state index contributed by atoms with van der Waals surface area (Å²) in [7, 11) is 0. The molecule has 1 aromatic carbocycles. The highest BCUT2D eigenvalue weighted by Gasteiger charge is 2.79. The van der Waals surface area contributed by atoms with Gasteiger partial charge in [-0.1, -0.05) is 95.0 Å². The molecule has 1 heterocycles. The molecular formula is C46H62ClF2NO6. The van der Waals surface area contributed by atoms with Gasteiger partial charge in [0.1, 0.15) is 6.17 Å². The number of fused-ring (bicyclic) bond motifs is 7. The van der Waals surface area contributed by atoms with Gasteiger partial charge in [-0.3, -0.25) is 24.3 Å². The average Bonchev–Trinajstić information content (AvgIpc) is 3.67. The van der Waals surface area contributed by atoms with Crippen LogP contribution in [0.2, 0.25) is 5.02 Å². The van der Waals surface area contributed by atoms with Crippen LogP contribution in [0.25, 0.3) is 0 Å². The maximum atomic E-state index is 17.9. The maximum Gasteiger partial charge on any atom is 0.306 e. The Balaban J connectivity index is 1.07. The molecule has 56 heavy (non-hydrogen) atoms. The maximum absolute atomic E-state index is 17.9. The highest BCUT2D eigenvalue weighted by molar-refractivity contribution is 6.30. The molecule has 0 bridgehead atoms. The predicted molar refractivity (Wildman–Crippen MR) is 216 cm³/mol. The zero-order chi connectivity index (χ0) is 40.1. The Hall–Kier alpha value is -2.88. The number of alkyl halides is 2. The van der Waals surface area contributed by atoms with Crippen molar-refractivity contribution in [2.24, 2.45) is 28.6 Å². The summed E-state index contributed by atoms with van der Waals surface area (Å²) in [4.78, 5) is 46.6. The van der Waals surface area contributed by atoms with Gasteiger partial charge in [0.05, 0.1) is 18.3 Å². The van der Waals surface area contributed by atoms with Gasteiger partial charge in [-0.05, 0) is 106 Å². The summed E-state index contributed by atoms with van der Waals surface area (Å²) < 4.78 is 39.6. The molecule has 0 unspecified atom stereocenters. The van der Waals surface area contributed by atoms with Crippen LogP contribution in [-0.2, 0) is 24.0 Å². The second kappa shape index (κ2) is 17.9. The second-order valence-corrected chi connectivity index (χ2v) is 18.0. The van der Waals surface area contributed by atoms with E-state index in [4.69, 9.17) is 21.2 Å². The quantitative estimate of drug-likeness (QED) is 0.0846. The minimum Gasteiger partial charge on any atom is -0.458 e. The van der Waals surface area contributed by atoms with Crippen molar-refractivity contribution >= 4 is 34.8 Å². The van der Waals surface area contributed by atoms with Gasteiger partial charge in [-0.15, -0.1) is 0 Å². The lowest BCUT2D eigenvalue weighted by Crippen LogP contribution is -2.70. The van der Waals surface area contributed by atoms with Crippen molar-refractivity contribution in [3.8, 4) is 0 Å². The van der Waals surface area contributed by atoms with E-state index in [1.54, 1.807) is 36.3 Å². The molecule has 5 aliphatic rings. The topological polar surface area (TPSA) is 93.1 Å². The predicted octanol–water partition coefficient (Wildman–Crippen LogP) is 10.5. The van der Waals surface area contributed by atoms with Gasteiger partial charge in [-0.2, -0.15) is 0 Å². The average molecular weight is 798 g/mol. The number of ether oxygens (including phenoxy) is 1. The fraction of sp³-hybridized carbons (Fsp3) is 0.674. The molecule has 4 fully saturated rings. The molecular weight excluding hydrogens is 736 g/mol. The van der Waals surface area contributed by atoms with E-state index < -0.39 is 76.3 Å². The summed E-state index contributed by atoms with van der Waals surface area (Å²) in [5, 5.41) is 14.1. The number of unbranched alkanes of at least 4 members (excludes halogenated alkanes) is 11. The van der Waals surface area contributed by atoms with Crippen LogP contribution in [0.15, 0.2) is 60.2 Å². The first-order chi connectivity index (χ1) is 26.8. The fourth-order valence-corrected chi connectivity index (χ4v) is 11.3. The van der Waals surface area contributed by atoms with Crippen LogP contribution in [0.5, 0.6) is 0 Å². The van der Waals surface area contributed by atoms with Gasteiger partial charge < -0.3 is 9.84 Å². The number of allylic oxidation sites excluding steroid dienone is 6. The van der Waals surface area contributed by atoms with Gasteiger partial charge in [0.25, 0.3) is 0 Å². The van der Waals surface area contributed by atoms with Crippen LogP contribution in [0.4, 0.5) is 14.5 Å². The molecule has 1 N–H and O–H groups in total. The van der Waals surface area contributed by atoms with Crippen molar-refractivity contribution in [2.75, 3.05) is 18.2 Å². The van der Waals surface area contributed by atoms with Crippen molar-refractivity contribution in [1.82, 2.24) is 0 Å². The van der Waals surface area contributed by atoms with Gasteiger partial charge in [-0.25, -0.2) is 8.78 Å². The molecule has 1 aliphatic heterocycles. The smallest absolute Gasteiger partial charge is 0.306 e. The lowest BCUT2D eigenvalue weighted by Gasteiger charge is -2.63. The zero-order valence-electron chi connectivity index (χ0n) is 33.6. The normalized spacial score (nSPS) is 34.6. The van der Waals surface area contributed by atoms with Crippen molar-refractivity contribution in [3.63, 3.8) is 0 Å². The molecule has 0 amide bonds. The molecule has 1 aromatic rings. The summed E-state index contributed by atoms with van der Waals surface area (Å²) in [6, 6.07) is 7.03. The van der Waals surface area contributed by atoms with E-state index in [0.717, 1.165) is 38.5 Å². The van der Waals surface area contributed by atoms with E-state index in [9.17, 15) is 19.5 Å². The highest BCUT2D eigenvalue weighted by Crippen LogP contribution is 2.72. The number of halogens is 3. The number of hydroxylamine groups is 1. The van der Waals surface area contributed by atoms with E-state index in [-0.39, 0.29) is 24.8 Å². The Morgan fingerprint density at radius 1 is 0.964 bits per heavy atom. The number of esters is 1. The highest BCUT2D eigenvalue weighted by atomic mass is 35.5. The minimum absolute atomic E-state index is 0.0544. The first-order valence-corrected chi connectivity index (χ1v) is 21.7. The molecule has 1 saturated heterocycles. The summed E-state index contributed by atoms with van der Waals surface area (Å²) in [6.07, 6.45) is 20.4. The third kappa shape index (κ3) is 7.95. The molecule has 0 aromatic heterocycles. The fourth-order valence-electron chi connectivity index (χ4n) is 11.2. The lowest BCUT2D eigenvalue weighted by molar-refractivity contribution is -0.228. The van der Waals surface area contributed by atoms with Crippen LogP contribution in [0.1, 0.15) is 130 Å². The number of carbonyl (C=O) groups excluding carboxylic acids is 3. The molecule has 0 radical (unpaired) electrons. The van der Waals surface area contributed by atoms with Crippen molar-refractivity contribution in [1.29, 1.82) is 0 Å². The van der Waals surface area contributed by atoms with E-state index in [0.29, 0.717) is 30.1 Å². The number of aliphatic hydroxyl groups excluding tert-OH is 1. The number of ketones is 2. The summed E-state index contributed by atoms with van der Waals surface area (Å²) in [5.41, 5.74) is -5.78. The van der Waals surface area contributed by atoms with Crippen LogP contribution >= 0.6 is 11.6 Å². The van der Waals surface area contributed by atoms with Gasteiger partial charge >= 0.3 is 5.97 Å². The first-order valence-electron chi connectivity index (χ1n) is 21.3. The Morgan fingerprint density at radius 3 is 2.29 bits per heavy atom. The Labute approximate surface area is 337 Å². The third-order valence-corrected chi connectivity index (χ3v) is 14.4. The molecule has 7 nitrogen and oxygen atoms in total. The van der Waals surface area contributed by atoms with Crippen LogP contribution in [-0.4, -0.2) is 59.3 Å². The Kier molecular flexibility index (Phi) is 13.7. The Bertz CT molecular complexity index is 1660. The molecule has 10 heteroatoms. The SMILES string of the molecule is CCCCCCCC/C=C/CCCCCCCC(=O)OCC(=O)[C@@]12ON(c3ccc(Cl)cc3)C[C@@H]1C[C@H]1[C@@H]3C[C@H](F)C4=CC(=O)C=C[C@]4(C)[C@@]3(F)[C@@H](O)C[C@@]12C. The first kappa shape index (κ1) is 42.7. The van der Waals surface area contributed by atoms with Crippen molar-refractivity contribution in [3.05, 3.63) is 65.2 Å². The van der Waals surface area contributed by atoms with E-state index in [1.165, 1.54) is 56.8 Å². The van der Waals surface area contributed by atoms with Gasteiger partial charge in [0, 0.05) is 34.1 Å². The molecule has 0 spiro atoms. The van der Waals surface area contributed by atoms with E-state index in [1.807, 2.05) is 6.92 Å². The zero-order valence-corrected chi connectivity index (χ0v) is 34.3. The minimum atomic E-state index is -2.28. The number of nitrogens with zero attached hydrogens (tertiary/aromatic N) is 1. The number of hydrogen-bond donors (Lipinski definition) is 1. The molecule has 3 saturated carbocycles. The summed E-state index contributed by atoms with van der Waals surface area (Å²) >= 11 is 6.17. The number of aliphatic hydroxyl groups is 1. The summed E-state index contributed by atoms with van der Waals surface area (Å²) in [6.45, 7) is 5.43. The molecule has 6 rings (SSSR count). The number of anilines is 1. The number of rotatable bonds is 19. The monoisotopic (exact) mass is 797 g/mol. The van der Waals surface area contributed by atoms with Crippen LogP contribution in [0, 0.1) is 28.6 Å². The van der Waals surface area contributed by atoms with Crippen molar-refractivity contribution < 1.29 is 37.8 Å². The van der Waals surface area contributed by atoms with Gasteiger partial charge in [0.15, 0.2) is 23.7 Å². The number of benzene rings is 1. The van der Waals surface area contributed by atoms with E-state index >= 15 is 8.78 Å². The molecule has 9 atom stereocenters. The lowest BCUT2D eigenvalue weighted by atomic mass is 9.44.